The van der Waals surface area contributed by atoms with Gasteiger partial charge in [-0.25, -0.2) is 9.97 Å². The van der Waals surface area contributed by atoms with Gasteiger partial charge in [0, 0.05) is 11.1 Å². The van der Waals surface area contributed by atoms with Crippen LogP contribution in [0.3, 0.4) is 0 Å². The fraction of sp³-hybridized carbons (Fsp3) is 0. The molecule has 3 nitrogen and oxygen atoms in total. The molecule has 0 atom stereocenters. The number of rotatable bonds is 2. The first-order chi connectivity index (χ1) is 9.75. The Balaban J connectivity index is 2.26. The molecule has 0 fully saturated rings. The van der Waals surface area contributed by atoms with Crippen LogP contribution >= 0.6 is 11.6 Å². The molecule has 0 saturated carbocycles. The molecule has 2 N–H and O–H groups in total. The fourth-order valence-electron chi connectivity index (χ4n) is 2.02. The minimum atomic E-state index is 0.225. The van der Waals surface area contributed by atoms with Gasteiger partial charge >= 0.3 is 0 Å². The summed E-state index contributed by atoms with van der Waals surface area (Å²) in [5.74, 6) is 0.241. The first-order valence-corrected chi connectivity index (χ1v) is 6.57. The molecule has 0 aliphatic carbocycles. The van der Waals surface area contributed by atoms with Crippen LogP contribution in [0.25, 0.3) is 22.5 Å². The minimum Gasteiger partial charge on any atom is -0.381 e. The van der Waals surface area contributed by atoms with E-state index in [1.54, 1.807) is 0 Å². The van der Waals surface area contributed by atoms with Crippen molar-refractivity contribution < 1.29 is 0 Å². The molecule has 0 spiro atoms. The van der Waals surface area contributed by atoms with Gasteiger partial charge in [-0.15, -0.1) is 0 Å². The lowest BCUT2D eigenvalue weighted by atomic mass is 10.0. The highest BCUT2D eigenvalue weighted by Crippen LogP contribution is 2.31. The third kappa shape index (κ3) is 2.36. The Bertz CT molecular complexity index is 663. The predicted octanol–water partition coefficient (Wildman–Crippen LogP) is 4.05. The number of nitrogens with zero attached hydrogens (tertiary/aromatic N) is 2. The smallest absolute Gasteiger partial charge is 0.171 e. The van der Waals surface area contributed by atoms with E-state index >= 15 is 0 Å². The molecule has 0 aliphatic rings. The predicted molar refractivity (Wildman–Crippen MR) is 82.3 cm³/mol. The van der Waals surface area contributed by atoms with E-state index in [-0.39, 0.29) is 11.0 Å². The molecule has 0 bridgehead atoms. The van der Waals surface area contributed by atoms with Crippen LogP contribution in [0.1, 0.15) is 0 Å². The molecule has 0 aliphatic heterocycles. The van der Waals surface area contributed by atoms with Gasteiger partial charge in [0.05, 0.1) is 11.4 Å². The van der Waals surface area contributed by atoms with Crippen molar-refractivity contribution in [2.24, 2.45) is 0 Å². The van der Waals surface area contributed by atoms with E-state index < -0.39 is 0 Å². The summed E-state index contributed by atoms with van der Waals surface area (Å²) < 4.78 is 0. The Morgan fingerprint density at radius 2 is 1.15 bits per heavy atom. The molecule has 0 radical (unpaired) electrons. The molecule has 0 saturated heterocycles. The second-order valence-electron chi connectivity index (χ2n) is 4.33. The van der Waals surface area contributed by atoms with E-state index in [9.17, 15) is 0 Å². The first-order valence-electron chi connectivity index (χ1n) is 6.19. The van der Waals surface area contributed by atoms with Gasteiger partial charge in [0.1, 0.15) is 0 Å². The summed E-state index contributed by atoms with van der Waals surface area (Å²) in [4.78, 5) is 8.80. The number of aromatic nitrogens is 2. The summed E-state index contributed by atoms with van der Waals surface area (Å²) in [7, 11) is 0. The monoisotopic (exact) mass is 281 g/mol. The van der Waals surface area contributed by atoms with Crippen LogP contribution in [-0.4, -0.2) is 9.97 Å². The van der Waals surface area contributed by atoms with Gasteiger partial charge in [0.25, 0.3) is 0 Å². The topological polar surface area (TPSA) is 51.8 Å². The molecule has 4 heteroatoms. The Morgan fingerprint density at radius 1 is 0.700 bits per heavy atom. The van der Waals surface area contributed by atoms with Crippen molar-refractivity contribution in [2.75, 3.05) is 5.73 Å². The number of anilines is 1. The number of benzene rings is 2. The van der Waals surface area contributed by atoms with Crippen LogP contribution in [0.15, 0.2) is 60.7 Å². The SMILES string of the molecule is Nc1nc(-c2ccccc2)c(-c2ccccc2)nc1Cl. The van der Waals surface area contributed by atoms with E-state index in [0.29, 0.717) is 0 Å². The number of hydrogen-bond acceptors (Lipinski definition) is 3. The maximum Gasteiger partial charge on any atom is 0.171 e. The standard InChI is InChI=1S/C16H12ClN3/c17-15-16(18)20-14(12-9-5-2-6-10-12)13(19-15)11-7-3-1-4-8-11/h1-10H,(H2,18,20). The summed E-state index contributed by atoms with van der Waals surface area (Å²) in [6, 6.07) is 19.6. The van der Waals surface area contributed by atoms with Crippen LogP contribution in [0, 0.1) is 0 Å². The molecular weight excluding hydrogens is 270 g/mol. The Hall–Kier alpha value is -2.39. The lowest BCUT2D eigenvalue weighted by Gasteiger charge is -2.10. The number of hydrogen-bond donors (Lipinski definition) is 1. The lowest BCUT2D eigenvalue weighted by Crippen LogP contribution is -2.00. The molecule has 0 amide bonds. The molecule has 1 aromatic heterocycles. The second kappa shape index (κ2) is 5.31. The van der Waals surface area contributed by atoms with Crippen molar-refractivity contribution >= 4 is 17.4 Å². The quantitative estimate of drug-likeness (QED) is 0.771. The summed E-state index contributed by atoms with van der Waals surface area (Å²) in [5, 5.41) is 0.225. The van der Waals surface area contributed by atoms with Gasteiger partial charge in [-0.05, 0) is 0 Å². The molecule has 1 heterocycles. The zero-order valence-corrected chi connectivity index (χ0v) is 11.4. The van der Waals surface area contributed by atoms with Crippen LogP contribution in [0.5, 0.6) is 0 Å². The van der Waals surface area contributed by atoms with Crippen LogP contribution in [0.2, 0.25) is 5.15 Å². The van der Waals surface area contributed by atoms with Gasteiger partial charge < -0.3 is 5.73 Å². The molecule has 0 unspecified atom stereocenters. The van der Waals surface area contributed by atoms with Crippen molar-refractivity contribution in [3.05, 3.63) is 65.8 Å². The minimum absolute atomic E-state index is 0.225. The van der Waals surface area contributed by atoms with Gasteiger partial charge in [0.2, 0.25) is 0 Å². The van der Waals surface area contributed by atoms with E-state index in [0.717, 1.165) is 22.5 Å². The summed E-state index contributed by atoms with van der Waals surface area (Å²) in [6.07, 6.45) is 0. The van der Waals surface area contributed by atoms with Crippen LogP contribution in [-0.2, 0) is 0 Å². The highest BCUT2D eigenvalue weighted by molar-refractivity contribution is 6.31. The summed E-state index contributed by atoms with van der Waals surface area (Å²) >= 11 is 6.02. The van der Waals surface area contributed by atoms with Gasteiger partial charge in [-0.1, -0.05) is 72.3 Å². The summed E-state index contributed by atoms with van der Waals surface area (Å²) in [6.45, 7) is 0. The Labute approximate surface area is 122 Å². The molecule has 2 aromatic carbocycles. The molecule has 20 heavy (non-hydrogen) atoms. The second-order valence-corrected chi connectivity index (χ2v) is 4.69. The molecule has 3 rings (SSSR count). The maximum atomic E-state index is 6.02. The Kier molecular flexibility index (Phi) is 3.35. The number of nitrogen functional groups attached to an aromatic ring is 1. The lowest BCUT2D eigenvalue weighted by molar-refractivity contribution is 1.22. The highest BCUT2D eigenvalue weighted by Gasteiger charge is 2.13. The average Bonchev–Trinajstić information content (AvgIpc) is 2.51. The molecular formula is C16H12ClN3. The van der Waals surface area contributed by atoms with Crippen molar-refractivity contribution in [3.8, 4) is 22.5 Å². The van der Waals surface area contributed by atoms with Crippen LogP contribution < -0.4 is 5.73 Å². The van der Waals surface area contributed by atoms with Crippen molar-refractivity contribution in [3.63, 3.8) is 0 Å². The average molecular weight is 282 g/mol. The Morgan fingerprint density at radius 3 is 1.65 bits per heavy atom. The van der Waals surface area contributed by atoms with E-state index in [1.807, 2.05) is 60.7 Å². The fourth-order valence-corrected chi connectivity index (χ4v) is 2.15. The van der Waals surface area contributed by atoms with Crippen molar-refractivity contribution in [1.82, 2.24) is 9.97 Å². The highest BCUT2D eigenvalue weighted by atomic mass is 35.5. The summed E-state index contributed by atoms with van der Waals surface area (Å²) in [5.41, 5.74) is 9.19. The van der Waals surface area contributed by atoms with Crippen LogP contribution in [0.4, 0.5) is 5.82 Å². The van der Waals surface area contributed by atoms with Gasteiger partial charge in [0.15, 0.2) is 11.0 Å². The van der Waals surface area contributed by atoms with Crippen molar-refractivity contribution in [1.29, 1.82) is 0 Å². The zero-order chi connectivity index (χ0) is 13.9. The largest absolute Gasteiger partial charge is 0.381 e. The normalized spacial score (nSPS) is 10.4. The maximum absolute atomic E-state index is 6.02. The first kappa shape index (κ1) is 12.6. The third-order valence-corrected chi connectivity index (χ3v) is 3.25. The van der Waals surface area contributed by atoms with E-state index in [4.69, 9.17) is 17.3 Å². The molecule has 3 aromatic rings. The number of halogens is 1. The number of nitrogens with two attached hydrogens (primary N) is 1. The van der Waals surface area contributed by atoms with E-state index in [1.165, 1.54) is 0 Å². The van der Waals surface area contributed by atoms with E-state index in [2.05, 4.69) is 9.97 Å². The van der Waals surface area contributed by atoms with Gasteiger partial charge in [-0.3, -0.25) is 0 Å². The third-order valence-electron chi connectivity index (χ3n) is 2.97. The van der Waals surface area contributed by atoms with Gasteiger partial charge in [-0.2, -0.15) is 0 Å². The zero-order valence-electron chi connectivity index (χ0n) is 10.6. The van der Waals surface area contributed by atoms with Crippen molar-refractivity contribution in [2.45, 2.75) is 0 Å². The molecule has 98 valence electrons.